The number of hydrogen-bond donors (Lipinski definition) is 1. The lowest BCUT2D eigenvalue weighted by Gasteiger charge is -2.02. The molecule has 1 N–H and O–H groups in total. The average Bonchev–Trinajstić information content (AvgIpc) is 2.89. The quantitative estimate of drug-likeness (QED) is 0.791. The largest absolute Gasteiger partial charge is 0.347 e. The summed E-state index contributed by atoms with van der Waals surface area (Å²) < 4.78 is 1.87. The molecule has 0 saturated carbocycles. The number of carbonyl (C=O) groups is 1. The molecule has 0 aliphatic rings. The maximum Gasteiger partial charge on any atom is 0.271 e. The van der Waals surface area contributed by atoms with Crippen LogP contribution in [0.15, 0.2) is 54.9 Å². The fourth-order valence-corrected chi connectivity index (χ4v) is 2.08. The molecule has 0 aliphatic carbocycles. The van der Waals surface area contributed by atoms with Crippen LogP contribution < -0.4 is 5.32 Å². The van der Waals surface area contributed by atoms with Gasteiger partial charge in [-0.15, -0.1) is 0 Å². The molecule has 0 unspecified atom stereocenters. The van der Waals surface area contributed by atoms with E-state index in [9.17, 15) is 4.79 Å². The first kappa shape index (κ1) is 12.4. The highest BCUT2D eigenvalue weighted by molar-refractivity contribution is 5.92. The molecule has 0 radical (unpaired) electrons. The van der Waals surface area contributed by atoms with Crippen molar-refractivity contribution in [1.29, 1.82) is 0 Å². The lowest BCUT2D eigenvalue weighted by atomic mass is 10.2. The van der Waals surface area contributed by atoms with Gasteiger partial charge >= 0.3 is 0 Å². The van der Waals surface area contributed by atoms with Crippen LogP contribution >= 0.6 is 0 Å². The van der Waals surface area contributed by atoms with E-state index in [0.717, 1.165) is 16.8 Å². The SMILES string of the molecule is Cc1ccc2nc(C(=O)NCc3ccccc3)cn2c1. The van der Waals surface area contributed by atoms with Crippen molar-refractivity contribution in [2.75, 3.05) is 0 Å². The Labute approximate surface area is 117 Å². The van der Waals surface area contributed by atoms with E-state index in [0.29, 0.717) is 12.2 Å². The van der Waals surface area contributed by atoms with Crippen LogP contribution in [0.4, 0.5) is 0 Å². The van der Waals surface area contributed by atoms with Crippen LogP contribution in [0.2, 0.25) is 0 Å². The summed E-state index contributed by atoms with van der Waals surface area (Å²) in [5.74, 6) is -0.157. The number of nitrogens with zero attached hydrogens (tertiary/aromatic N) is 2. The lowest BCUT2D eigenvalue weighted by Crippen LogP contribution is -2.23. The predicted octanol–water partition coefficient (Wildman–Crippen LogP) is 2.57. The second-order valence-electron chi connectivity index (χ2n) is 4.77. The van der Waals surface area contributed by atoms with E-state index in [1.165, 1.54) is 0 Å². The number of rotatable bonds is 3. The number of imidazole rings is 1. The second-order valence-corrected chi connectivity index (χ2v) is 4.77. The molecule has 4 heteroatoms. The van der Waals surface area contributed by atoms with Gasteiger partial charge in [0.2, 0.25) is 0 Å². The van der Waals surface area contributed by atoms with Gasteiger partial charge < -0.3 is 9.72 Å². The average molecular weight is 265 g/mol. The Morgan fingerprint density at radius 1 is 1.15 bits per heavy atom. The van der Waals surface area contributed by atoms with E-state index in [1.54, 1.807) is 6.20 Å². The zero-order valence-corrected chi connectivity index (χ0v) is 11.2. The minimum atomic E-state index is -0.157. The van der Waals surface area contributed by atoms with Crippen molar-refractivity contribution in [1.82, 2.24) is 14.7 Å². The molecule has 1 aromatic carbocycles. The van der Waals surface area contributed by atoms with Crippen molar-refractivity contribution in [2.24, 2.45) is 0 Å². The molecule has 0 bridgehead atoms. The third kappa shape index (κ3) is 2.54. The molecule has 2 aromatic heterocycles. The summed E-state index contributed by atoms with van der Waals surface area (Å²) in [4.78, 5) is 16.4. The Balaban J connectivity index is 1.75. The minimum absolute atomic E-state index is 0.157. The minimum Gasteiger partial charge on any atom is -0.347 e. The monoisotopic (exact) mass is 265 g/mol. The van der Waals surface area contributed by atoms with Crippen LogP contribution in [-0.2, 0) is 6.54 Å². The van der Waals surface area contributed by atoms with E-state index in [4.69, 9.17) is 0 Å². The highest BCUT2D eigenvalue weighted by atomic mass is 16.1. The molecule has 2 heterocycles. The number of nitrogens with one attached hydrogen (secondary N) is 1. The van der Waals surface area contributed by atoms with Crippen molar-refractivity contribution < 1.29 is 4.79 Å². The molecular weight excluding hydrogens is 250 g/mol. The van der Waals surface area contributed by atoms with Gasteiger partial charge in [0, 0.05) is 18.9 Å². The van der Waals surface area contributed by atoms with Crippen LogP contribution in [0.25, 0.3) is 5.65 Å². The van der Waals surface area contributed by atoms with E-state index in [1.807, 2.05) is 60.0 Å². The standard InChI is InChI=1S/C16H15N3O/c1-12-7-8-15-18-14(11-19(15)10-12)16(20)17-9-13-5-3-2-4-6-13/h2-8,10-11H,9H2,1H3,(H,17,20). The van der Waals surface area contributed by atoms with E-state index in [2.05, 4.69) is 10.3 Å². The maximum atomic E-state index is 12.1. The molecule has 3 aromatic rings. The molecular formula is C16H15N3O. The molecule has 1 amide bonds. The first-order valence-electron chi connectivity index (χ1n) is 6.50. The predicted molar refractivity (Wildman–Crippen MR) is 77.5 cm³/mol. The fraction of sp³-hybridized carbons (Fsp3) is 0.125. The second kappa shape index (κ2) is 5.17. The summed E-state index contributed by atoms with van der Waals surface area (Å²) >= 11 is 0. The summed E-state index contributed by atoms with van der Waals surface area (Å²) in [6, 6.07) is 13.7. The Bertz CT molecular complexity index is 747. The molecule has 0 atom stereocenters. The Hall–Kier alpha value is -2.62. The third-order valence-electron chi connectivity index (χ3n) is 3.13. The first-order valence-corrected chi connectivity index (χ1v) is 6.50. The van der Waals surface area contributed by atoms with Gasteiger partial charge in [0.05, 0.1) is 0 Å². The number of carbonyl (C=O) groups excluding carboxylic acids is 1. The maximum absolute atomic E-state index is 12.1. The molecule has 100 valence electrons. The summed E-state index contributed by atoms with van der Waals surface area (Å²) in [5, 5.41) is 2.88. The van der Waals surface area contributed by atoms with Crippen molar-refractivity contribution in [3.63, 3.8) is 0 Å². The van der Waals surface area contributed by atoms with Crippen molar-refractivity contribution in [3.8, 4) is 0 Å². The highest BCUT2D eigenvalue weighted by Gasteiger charge is 2.10. The summed E-state index contributed by atoms with van der Waals surface area (Å²) in [7, 11) is 0. The topological polar surface area (TPSA) is 46.4 Å². The Morgan fingerprint density at radius 3 is 2.75 bits per heavy atom. The molecule has 0 aliphatic heterocycles. The van der Waals surface area contributed by atoms with Gasteiger partial charge in [-0.1, -0.05) is 36.4 Å². The summed E-state index contributed by atoms with van der Waals surface area (Å²) in [5.41, 5.74) is 3.42. The number of aryl methyl sites for hydroxylation is 1. The van der Waals surface area contributed by atoms with Gasteiger partial charge in [-0.3, -0.25) is 4.79 Å². The van der Waals surface area contributed by atoms with Crippen molar-refractivity contribution >= 4 is 11.6 Å². The molecule has 4 nitrogen and oxygen atoms in total. The smallest absolute Gasteiger partial charge is 0.271 e. The van der Waals surface area contributed by atoms with Crippen LogP contribution in [0.3, 0.4) is 0 Å². The zero-order chi connectivity index (χ0) is 13.9. The van der Waals surface area contributed by atoms with Gasteiger partial charge in [-0.2, -0.15) is 0 Å². The van der Waals surface area contributed by atoms with E-state index < -0.39 is 0 Å². The number of hydrogen-bond acceptors (Lipinski definition) is 2. The van der Waals surface area contributed by atoms with Gasteiger partial charge in [0.1, 0.15) is 11.3 Å². The first-order chi connectivity index (χ1) is 9.72. The molecule has 20 heavy (non-hydrogen) atoms. The fourth-order valence-electron chi connectivity index (χ4n) is 2.08. The van der Waals surface area contributed by atoms with Crippen LogP contribution in [-0.4, -0.2) is 15.3 Å². The van der Waals surface area contributed by atoms with Crippen LogP contribution in [0, 0.1) is 6.92 Å². The van der Waals surface area contributed by atoms with Gasteiger partial charge in [0.25, 0.3) is 5.91 Å². The summed E-state index contributed by atoms with van der Waals surface area (Å²) in [6.45, 7) is 2.52. The lowest BCUT2D eigenvalue weighted by molar-refractivity contribution is 0.0946. The normalized spacial score (nSPS) is 10.7. The van der Waals surface area contributed by atoms with E-state index >= 15 is 0 Å². The van der Waals surface area contributed by atoms with Crippen molar-refractivity contribution in [3.05, 3.63) is 71.7 Å². The molecule has 0 fully saturated rings. The Morgan fingerprint density at radius 2 is 1.95 bits per heavy atom. The molecule has 3 rings (SSSR count). The zero-order valence-electron chi connectivity index (χ0n) is 11.2. The van der Waals surface area contributed by atoms with E-state index in [-0.39, 0.29) is 5.91 Å². The number of aromatic nitrogens is 2. The third-order valence-corrected chi connectivity index (χ3v) is 3.13. The van der Waals surface area contributed by atoms with Gasteiger partial charge in [-0.05, 0) is 24.1 Å². The number of benzene rings is 1. The Kier molecular flexibility index (Phi) is 3.21. The number of pyridine rings is 1. The van der Waals surface area contributed by atoms with Gasteiger partial charge in [0.15, 0.2) is 0 Å². The van der Waals surface area contributed by atoms with Crippen LogP contribution in [0.1, 0.15) is 21.6 Å². The highest BCUT2D eigenvalue weighted by Crippen LogP contribution is 2.07. The van der Waals surface area contributed by atoms with Crippen molar-refractivity contribution in [2.45, 2.75) is 13.5 Å². The van der Waals surface area contributed by atoms with Crippen LogP contribution in [0.5, 0.6) is 0 Å². The number of fused-ring (bicyclic) bond motifs is 1. The molecule has 0 saturated heterocycles. The number of amides is 1. The van der Waals surface area contributed by atoms with Gasteiger partial charge in [-0.25, -0.2) is 4.98 Å². The summed E-state index contributed by atoms with van der Waals surface area (Å²) in [6.07, 6.45) is 3.71. The molecule has 0 spiro atoms.